The number of rotatable bonds is 8. The van der Waals surface area contributed by atoms with E-state index in [0.717, 1.165) is 68.3 Å². The summed E-state index contributed by atoms with van der Waals surface area (Å²) in [5.74, 6) is 3.13. The summed E-state index contributed by atoms with van der Waals surface area (Å²) >= 11 is 0. The van der Waals surface area contributed by atoms with Crippen LogP contribution >= 0.6 is 24.0 Å². The average molecular weight is 559 g/mol. The fourth-order valence-electron chi connectivity index (χ4n) is 4.40. The molecule has 0 atom stereocenters. The number of amides is 1. The molecule has 0 aromatic heterocycles. The summed E-state index contributed by atoms with van der Waals surface area (Å²) in [6.45, 7) is 5.36. The maximum Gasteiger partial charge on any atom is 0.220 e. The van der Waals surface area contributed by atoms with E-state index in [9.17, 15) is 4.79 Å². The summed E-state index contributed by atoms with van der Waals surface area (Å²) in [6, 6.07) is 6.11. The molecule has 3 rings (SSSR count). The molecule has 1 heterocycles. The molecule has 0 spiro atoms. The number of guanidine groups is 1. The largest absolute Gasteiger partial charge is 0.493 e. The summed E-state index contributed by atoms with van der Waals surface area (Å²) in [4.78, 5) is 18.9. The van der Waals surface area contributed by atoms with Gasteiger partial charge in [0.2, 0.25) is 5.91 Å². The van der Waals surface area contributed by atoms with E-state index >= 15 is 0 Å². The Kier molecular flexibility index (Phi) is 11.4. The second-order valence-electron chi connectivity index (χ2n) is 8.49. The van der Waals surface area contributed by atoms with Crippen LogP contribution in [0.1, 0.15) is 57.4 Å². The minimum Gasteiger partial charge on any atom is -0.493 e. The molecule has 1 aromatic carbocycles. The van der Waals surface area contributed by atoms with Gasteiger partial charge in [-0.15, -0.1) is 24.0 Å². The van der Waals surface area contributed by atoms with Crippen LogP contribution in [0.15, 0.2) is 23.2 Å². The van der Waals surface area contributed by atoms with Crippen molar-refractivity contribution in [3.05, 3.63) is 23.8 Å². The molecule has 7 nitrogen and oxygen atoms in total. The lowest BCUT2D eigenvalue weighted by molar-refractivity contribution is -0.121. The van der Waals surface area contributed by atoms with Gasteiger partial charge in [-0.05, 0) is 69.1 Å². The molecule has 1 aliphatic heterocycles. The first kappa shape index (κ1) is 26.5. The van der Waals surface area contributed by atoms with E-state index in [1.165, 1.54) is 12.8 Å². The van der Waals surface area contributed by atoms with E-state index in [4.69, 9.17) is 14.5 Å². The van der Waals surface area contributed by atoms with Crippen LogP contribution in [-0.2, 0) is 11.3 Å². The van der Waals surface area contributed by atoms with Crippen molar-refractivity contribution in [2.45, 2.75) is 64.5 Å². The number of carbonyl (C=O) groups excluding carboxylic acids is 1. The van der Waals surface area contributed by atoms with Crippen LogP contribution in [0.5, 0.6) is 11.5 Å². The Morgan fingerprint density at radius 2 is 1.88 bits per heavy atom. The van der Waals surface area contributed by atoms with Crippen molar-refractivity contribution in [1.29, 1.82) is 0 Å². The van der Waals surface area contributed by atoms with Crippen molar-refractivity contribution in [1.82, 2.24) is 15.5 Å². The van der Waals surface area contributed by atoms with Crippen molar-refractivity contribution in [3.8, 4) is 11.5 Å². The maximum atomic E-state index is 11.7. The van der Waals surface area contributed by atoms with E-state index < -0.39 is 0 Å². The fraction of sp³-hybridized carbons (Fsp3) is 0.667. The van der Waals surface area contributed by atoms with Gasteiger partial charge in [-0.25, -0.2) is 4.99 Å². The van der Waals surface area contributed by atoms with Crippen LogP contribution in [0.2, 0.25) is 0 Å². The van der Waals surface area contributed by atoms with Gasteiger partial charge in [0.05, 0.1) is 19.8 Å². The predicted octanol–water partition coefficient (Wildman–Crippen LogP) is 3.95. The van der Waals surface area contributed by atoms with Crippen LogP contribution in [0.4, 0.5) is 0 Å². The summed E-state index contributed by atoms with van der Waals surface area (Å²) in [7, 11) is 3.39. The number of carbonyl (C=O) groups is 1. The van der Waals surface area contributed by atoms with E-state index in [-0.39, 0.29) is 29.9 Å². The van der Waals surface area contributed by atoms with Gasteiger partial charge < -0.3 is 25.0 Å². The monoisotopic (exact) mass is 558 g/mol. The van der Waals surface area contributed by atoms with Gasteiger partial charge in [0.15, 0.2) is 17.5 Å². The van der Waals surface area contributed by atoms with Crippen molar-refractivity contribution < 1.29 is 14.3 Å². The van der Waals surface area contributed by atoms with Gasteiger partial charge in [-0.3, -0.25) is 4.79 Å². The molecule has 0 bridgehead atoms. The van der Waals surface area contributed by atoms with Crippen molar-refractivity contribution in [2.24, 2.45) is 10.9 Å². The molecule has 32 heavy (non-hydrogen) atoms. The quantitative estimate of drug-likeness (QED) is 0.287. The number of methoxy groups -OCH3 is 1. The van der Waals surface area contributed by atoms with Gasteiger partial charge in [0, 0.05) is 33.1 Å². The molecule has 1 saturated heterocycles. The number of piperidine rings is 1. The van der Waals surface area contributed by atoms with Gasteiger partial charge in [-0.2, -0.15) is 0 Å². The van der Waals surface area contributed by atoms with Crippen LogP contribution in [0, 0.1) is 5.92 Å². The molecule has 2 fully saturated rings. The van der Waals surface area contributed by atoms with Crippen molar-refractivity contribution in [2.75, 3.05) is 33.8 Å². The highest BCUT2D eigenvalue weighted by molar-refractivity contribution is 14.0. The Hall–Kier alpha value is -1.71. The molecular formula is C24H39IN4O3. The number of nitrogens with zero attached hydrogens (tertiary/aromatic N) is 2. The van der Waals surface area contributed by atoms with E-state index in [1.807, 2.05) is 6.07 Å². The lowest BCUT2D eigenvalue weighted by Crippen LogP contribution is -2.46. The third-order valence-corrected chi connectivity index (χ3v) is 6.24. The lowest BCUT2D eigenvalue weighted by Gasteiger charge is -2.34. The number of halogens is 1. The minimum atomic E-state index is 0. The zero-order chi connectivity index (χ0) is 22.1. The normalized spacial score (nSPS) is 17.6. The number of likely N-dealkylation sites (tertiary alicyclic amines) is 1. The smallest absolute Gasteiger partial charge is 0.220 e. The number of benzene rings is 1. The number of nitrogens with one attached hydrogen (secondary N) is 2. The highest BCUT2D eigenvalue weighted by Gasteiger charge is 2.23. The van der Waals surface area contributed by atoms with Gasteiger partial charge in [0.1, 0.15) is 0 Å². The molecular weight excluding hydrogens is 519 g/mol. The lowest BCUT2D eigenvalue weighted by atomic mass is 9.93. The summed E-state index contributed by atoms with van der Waals surface area (Å²) in [6.07, 6.45) is 7.65. The molecule has 0 radical (unpaired) electrons. The third-order valence-electron chi connectivity index (χ3n) is 6.24. The van der Waals surface area contributed by atoms with Crippen LogP contribution in [0.25, 0.3) is 0 Å². The zero-order valence-electron chi connectivity index (χ0n) is 19.7. The van der Waals surface area contributed by atoms with Crippen molar-refractivity contribution >= 4 is 35.8 Å². The van der Waals surface area contributed by atoms with Crippen LogP contribution in [0.3, 0.4) is 0 Å². The van der Waals surface area contributed by atoms with Crippen LogP contribution in [-0.4, -0.2) is 56.7 Å². The van der Waals surface area contributed by atoms with Crippen molar-refractivity contribution in [3.63, 3.8) is 0 Å². The minimum absolute atomic E-state index is 0. The van der Waals surface area contributed by atoms with Crippen LogP contribution < -0.4 is 20.1 Å². The molecule has 8 heteroatoms. The second-order valence-corrected chi connectivity index (χ2v) is 8.49. The first-order valence-corrected chi connectivity index (χ1v) is 11.7. The topological polar surface area (TPSA) is 75.2 Å². The first-order chi connectivity index (χ1) is 15.1. The maximum absolute atomic E-state index is 11.7. The highest BCUT2D eigenvalue weighted by Crippen LogP contribution is 2.32. The second kappa shape index (κ2) is 13.7. The molecule has 1 aliphatic carbocycles. The van der Waals surface area contributed by atoms with Gasteiger partial charge >= 0.3 is 0 Å². The summed E-state index contributed by atoms with van der Waals surface area (Å²) in [5.41, 5.74) is 1.11. The fourth-order valence-corrected chi connectivity index (χ4v) is 4.40. The first-order valence-electron chi connectivity index (χ1n) is 11.7. The van der Waals surface area contributed by atoms with E-state index in [2.05, 4.69) is 34.6 Å². The Labute approximate surface area is 209 Å². The Morgan fingerprint density at radius 3 is 2.50 bits per heavy atom. The molecule has 0 unspecified atom stereocenters. The molecule has 1 amide bonds. The zero-order valence-corrected chi connectivity index (χ0v) is 22.0. The summed E-state index contributed by atoms with van der Waals surface area (Å²) < 4.78 is 11.7. The molecule has 1 saturated carbocycles. The van der Waals surface area contributed by atoms with E-state index in [1.54, 1.807) is 14.2 Å². The Morgan fingerprint density at radius 1 is 1.16 bits per heavy atom. The number of aliphatic imine (C=N–C) groups is 1. The molecule has 2 N–H and O–H groups in total. The van der Waals surface area contributed by atoms with Gasteiger partial charge in [0.25, 0.3) is 0 Å². The standard InChI is InChI=1S/C24H38N4O3.HI/c1-4-26-24(28-13-11-18(12-14-28)16-23(29)25-2)27-17-19-9-10-21(30-3)22(15-19)31-20-7-5-6-8-20;/h9-10,15,18,20H,4-8,11-14,16-17H2,1-3H3,(H,25,29)(H,26,27);1H. The third kappa shape index (κ3) is 7.71. The molecule has 180 valence electrons. The number of ether oxygens (including phenoxy) is 2. The molecule has 1 aromatic rings. The molecule has 2 aliphatic rings. The summed E-state index contributed by atoms with van der Waals surface area (Å²) in [5, 5.41) is 6.16. The van der Waals surface area contributed by atoms with Gasteiger partial charge in [-0.1, -0.05) is 6.07 Å². The predicted molar refractivity (Wildman–Crippen MR) is 139 cm³/mol. The average Bonchev–Trinajstić information content (AvgIpc) is 3.30. The number of hydrogen-bond donors (Lipinski definition) is 2. The SMILES string of the molecule is CCNC(=NCc1ccc(OC)c(OC2CCCC2)c1)N1CCC(CC(=O)NC)CC1.I. The Balaban J connectivity index is 0.00000363. The Bertz CT molecular complexity index is 745. The van der Waals surface area contributed by atoms with E-state index in [0.29, 0.717) is 25.0 Å². The number of hydrogen-bond acceptors (Lipinski definition) is 4. The highest BCUT2D eigenvalue weighted by atomic mass is 127.